The number of nitrogens with zero attached hydrogens (tertiary/aromatic N) is 1. The number of benzene rings is 1. The molecule has 1 heterocycles. The van der Waals surface area contributed by atoms with Crippen LogP contribution in [-0.4, -0.2) is 4.98 Å². The minimum atomic E-state index is 0.0103. The molecule has 0 fully saturated rings. The largest absolute Gasteiger partial charge is 0.320 e. The molecule has 3 rings (SSSR count). The maximum absolute atomic E-state index is 6.36. The van der Waals surface area contributed by atoms with Gasteiger partial charge in [-0.3, -0.25) is 4.98 Å². The summed E-state index contributed by atoms with van der Waals surface area (Å²) in [5.41, 5.74) is 9.91. The Labute approximate surface area is 101 Å². The summed E-state index contributed by atoms with van der Waals surface area (Å²) in [6.45, 7) is 0. The van der Waals surface area contributed by atoms with E-state index in [9.17, 15) is 0 Å². The first kappa shape index (κ1) is 10.5. The lowest BCUT2D eigenvalue weighted by atomic mass is 9.96. The third-order valence-electron chi connectivity index (χ3n) is 3.47. The van der Waals surface area contributed by atoms with Crippen molar-refractivity contribution in [3.8, 4) is 0 Å². The number of pyridine rings is 1. The van der Waals surface area contributed by atoms with E-state index >= 15 is 0 Å². The molecule has 1 aliphatic rings. The first-order chi connectivity index (χ1) is 8.36. The van der Waals surface area contributed by atoms with Crippen LogP contribution in [0.1, 0.15) is 30.9 Å². The third-order valence-corrected chi connectivity index (χ3v) is 3.47. The van der Waals surface area contributed by atoms with Crippen molar-refractivity contribution in [1.29, 1.82) is 0 Å². The number of hydrogen-bond donors (Lipinski definition) is 1. The van der Waals surface area contributed by atoms with Crippen molar-refractivity contribution >= 4 is 10.9 Å². The molecule has 2 N–H and O–H groups in total. The molecule has 2 aromatic rings. The van der Waals surface area contributed by atoms with Gasteiger partial charge in [-0.2, -0.15) is 0 Å². The highest BCUT2D eigenvalue weighted by molar-refractivity contribution is 5.82. The van der Waals surface area contributed by atoms with Gasteiger partial charge in [-0.1, -0.05) is 35.9 Å². The van der Waals surface area contributed by atoms with Gasteiger partial charge in [0.2, 0.25) is 0 Å². The van der Waals surface area contributed by atoms with Crippen molar-refractivity contribution in [2.45, 2.75) is 25.3 Å². The summed E-state index contributed by atoms with van der Waals surface area (Å²) in [4.78, 5) is 4.47. The molecule has 1 atom stereocenters. The number of fused-ring (bicyclic) bond motifs is 1. The van der Waals surface area contributed by atoms with Crippen molar-refractivity contribution in [2.24, 2.45) is 5.73 Å². The van der Waals surface area contributed by atoms with Crippen LogP contribution in [0.5, 0.6) is 0 Å². The molecule has 0 bridgehead atoms. The number of allylic oxidation sites excluding steroid dienone is 1. The van der Waals surface area contributed by atoms with Crippen LogP contribution in [0.4, 0.5) is 0 Å². The SMILES string of the molecule is NC(C1=CCCC1)c1cccc2cccnc12. The predicted molar refractivity (Wildman–Crippen MR) is 70.6 cm³/mol. The maximum atomic E-state index is 6.36. The third kappa shape index (κ3) is 1.85. The van der Waals surface area contributed by atoms with E-state index in [0.717, 1.165) is 17.5 Å². The van der Waals surface area contributed by atoms with Crippen LogP contribution < -0.4 is 5.73 Å². The molecule has 2 heteroatoms. The van der Waals surface area contributed by atoms with Crippen LogP contribution in [0, 0.1) is 0 Å². The zero-order valence-electron chi connectivity index (χ0n) is 9.76. The fourth-order valence-electron chi connectivity index (χ4n) is 2.56. The van der Waals surface area contributed by atoms with Gasteiger partial charge in [0.15, 0.2) is 0 Å². The summed E-state index contributed by atoms with van der Waals surface area (Å²) in [5.74, 6) is 0. The molecule has 2 nitrogen and oxygen atoms in total. The summed E-state index contributed by atoms with van der Waals surface area (Å²) in [7, 11) is 0. The second-order valence-electron chi connectivity index (χ2n) is 4.57. The first-order valence-electron chi connectivity index (χ1n) is 6.14. The summed E-state index contributed by atoms with van der Waals surface area (Å²) in [5, 5.41) is 1.17. The standard InChI is InChI=1S/C15H16N2/c16-14(11-5-1-2-6-11)13-9-3-7-12-8-4-10-17-15(12)13/h3-5,7-10,14H,1-2,6,16H2. The van der Waals surface area contributed by atoms with Crippen LogP contribution in [-0.2, 0) is 0 Å². The first-order valence-corrected chi connectivity index (χ1v) is 6.14. The van der Waals surface area contributed by atoms with E-state index in [2.05, 4.69) is 35.3 Å². The van der Waals surface area contributed by atoms with Crippen LogP contribution in [0.25, 0.3) is 10.9 Å². The average molecular weight is 224 g/mol. The monoisotopic (exact) mass is 224 g/mol. The summed E-state index contributed by atoms with van der Waals surface area (Å²) in [6.07, 6.45) is 7.65. The van der Waals surface area contributed by atoms with Gasteiger partial charge in [-0.05, 0) is 30.9 Å². The van der Waals surface area contributed by atoms with E-state index in [1.165, 1.54) is 23.8 Å². The van der Waals surface area contributed by atoms with Crippen LogP contribution >= 0.6 is 0 Å². The van der Waals surface area contributed by atoms with Gasteiger partial charge in [-0.25, -0.2) is 0 Å². The maximum Gasteiger partial charge on any atom is 0.0752 e. The molecule has 1 aromatic heterocycles. The lowest BCUT2D eigenvalue weighted by Gasteiger charge is -2.15. The second-order valence-corrected chi connectivity index (χ2v) is 4.57. The molecule has 0 radical (unpaired) electrons. The Hall–Kier alpha value is -1.67. The van der Waals surface area contributed by atoms with Crippen molar-refractivity contribution in [3.05, 3.63) is 53.7 Å². The Morgan fingerprint density at radius 1 is 1.18 bits per heavy atom. The van der Waals surface area contributed by atoms with E-state index in [4.69, 9.17) is 5.73 Å². The van der Waals surface area contributed by atoms with Crippen molar-refractivity contribution in [1.82, 2.24) is 4.98 Å². The topological polar surface area (TPSA) is 38.9 Å². The van der Waals surface area contributed by atoms with Gasteiger partial charge < -0.3 is 5.73 Å². The van der Waals surface area contributed by atoms with Gasteiger partial charge in [0.05, 0.1) is 11.6 Å². The molecule has 17 heavy (non-hydrogen) atoms. The lowest BCUT2D eigenvalue weighted by Crippen LogP contribution is -2.13. The molecule has 0 amide bonds. The molecule has 86 valence electrons. The average Bonchev–Trinajstić information content (AvgIpc) is 2.91. The Kier molecular flexibility index (Phi) is 2.65. The summed E-state index contributed by atoms with van der Waals surface area (Å²) < 4.78 is 0. The molecule has 0 saturated heterocycles. The van der Waals surface area contributed by atoms with Gasteiger partial charge in [0.25, 0.3) is 0 Å². The molecular formula is C15H16N2. The number of hydrogen-bond acceptors (Lipinski definition) is 2. The zero-order valence-corrected chi connectivity index (χ0v) is 9.76. The minimum absolute atomic E-state index is 0.0103. The van der Waals surface area contributed by atoms with Gasteiger partial charge >= 0.3 is 0 Å². The van der Waals surface area contributed by atoms with Crippen molar-refractivity contribution in [3.63, 3.8) is 0 Å². The fraction of sp³-hybridized carbons (Fsp3) is 0.267. The Bertz CT molecular complexity index is 567. The van der Waals surface area contributed by atoms with Crippen LogP contribution in [0.15, 0.2) is 48.2 Å². The molecule has 0 saturated carbocycles. The summed E-state index contributed by atoms with van der Waals surface area (Å²) >= 11 is 0. The van der Waals surface area contributed by atoms with E-state index in [1.54, 1.807) is 0 Å². The van der Waals surface area contributed by atoms with E-state index in [0.29, 0.717) is 0 Å². The second kappa shape index (κ2) is 4.30. The molecular weight excluding hydrogens is 208 g/mol. The number of rotatable bonds is 2. The van der Waals surface area contributed by atoms with Gasteiger partial charge in [-0.15, -0.1) is 0 Å². The highest BCUT2D eigenvalue weighted by Gasteiger charge is 2.17. The van der Waals surface area contributed by atoms with E-state index in [-0.39, 0.29) is 6.04 Å². The van der Waals surface area contributed by atoms with Gasteiger partial charge in [0, 0.05) is 11.6 Å². The number of nitrogens with two attached hydrogens (primary N) is 1. The quantitative estimate of drug-likeness (QED) is 0.794. The molecule has 0 aliphatic heterocycles. The van der Waals surface area contributed by atoms with E-state index < -0.39 is 0 Å². The predicted octanol–water partition coefficient (Wildman–Crippen LogP) is 3.34. The summed E-state index contributed by atoms with van der Waals surface area (Å²) in [6, 6.07) is 10.3. The van der Waals surface area contributed by atoms with Crippen molar-refractivity contribution < 1.29 is 0 Å². The fourth-order valence-corrected chi connectivity index (χ4v) is 2.56. The Morgan fingerprint density at radius 2 is 2.06 bits per heavy atom. The van der Waals surface area contributed by atoms with Gasteiger partial charge in [0.1, 0.15) is 0 Å². The highest BCUT2D eigenvalue weighted by atomic mass is 14.7. The molecule has 0 spiro atoms. The minimum Gasteiger partial charge on any atom is -0.320 e. The Morgan fingerprint density at radius 3 is 2.88 bits per heavy atom. The molecule has 1 unspecified atom stereocenters. The number of para-hydroxylation sites is 1. The smallest absolute Gasteiger partial charge is 0.0752 e. The van der Waals surface area contributed by atoms with Crippen LogP contribution in [0.2, 0.25) is 0 Å². The zero-order chi connectivity index (χ0) is 11.7. The van der Waals surface area contributed by atoms with E-state index in [1.807, 2.05) is 12.3 Å². The number of aromatic nitrogens is 1. The molecule has 1 aliphatic carbocycles. The Balaban J connectivity index is 2.10. The normalized spacial score (nSPS) is 17.1. The molecule has 1 aromatic carbocycles. The lowest BCUT2D eigenvalue weighted by molar-refractivity contribution is 0.788. The van der Waals surface area contributed by atoms with Crippen LogP contribution in [0.3, 0.4) is 0 Å². The highest BCUT2D eigenvalue weighted by Crippen LogP contribution is 2.31. The van der Waals surface area contributed by atoms with Crippen molar-refractivity contribution in [2.75, 3.05) is 0 Å².